The molecule has 0 aliphatic rings. The van der Waals surface area contributed by atoms with Gasteiger partial charge in [0, 0.05) is 4.47 Å². The molecular weight excluding hydrogens is 298 g/mol. The SMILES string of the molecule is C[C@@H](O)[C@H](C)n1ncn(-c2ccc(Br)cc2)c1=O. The zero-order valence-corrected chi connectivity index (χ0v) is 11.7. The lowest BCUT2D eigenvalue weighted by Gasteiger charge is -2.13. The van der Waals surface area contributed by atoms with E-state index in [0.717, 1.165) is 10.2 Å². The molecule has 1 heterocycles. The van der Waals surface area contributed by atoms with Crippen LogP contribution in [0.15, 0.2) is 39.9 Å². The topological polar surface area (TPSA) is 60.0 Å². The fourth-order valence-corrected chi connectivity index (χ4v) is 1.84. The average molecular weight is 312 g/mol. The predicted octanol–water partition coefficient (Wildman–Crippen LogP) is 1.74. The van der Waals surface area contributed by atoms with E-state index in [1.807, 2.05) is 24.3 Å². The van der Waals surface area contributed by atoms with Gasteiger partial charge in [-0.1, -0.05) is 15.9 Å². The summed E-state index contributed by atoms with van der Waals surface area (Å²) in [5, 5.41) is 13.5. The first kappa shape index (κ1) is 13.0. The van der Waals surface area contributed by atoms with Crippen molar-refractivity contribution in [3.05, 3.63) is 45.5 Å². The minimum absolute atomic E-state index is 0.259. The van der Waals surface area contributed by atoms with Gasteiger partial charge in [0.25, 0.3) is 0 Å². The molecule has 0 aliphatic carbocycles. The predicted molar refractivity (Wildman–Crippen MR) is 71.9 cm³/mol. The largest absolute Gasteiger partial charge is 0.391 e. The number of aliphatic hydroxyl groups is 1. The molecule has 0 aliphatic heterocycles. The van der Waals surface area contributed by atoms with Crippen molar-refractivity contribution in [3.8, 4) is 5.69 Å². The molecule has 0 bridgehead atoms. The number of rotatable bonds is 3. The molecule has 0 unspecified atom stereocenters. The van der Waals surface area contributed by atoms with Crippen molar-refractivity contribution in [2.45, 2.75) is 26.0 Å². The Morgan fingerprint density at radius 2 is 1.89 bits per heavy atom. The van der Waals surface area contributed by atoms with Gasteiger partial charge in [-0.3, -0.25) is 0 Å². The number of aliphatic hydroxyl groups excluding tert-OH is 1. The Kier molecular flexibility index (Phi) is 3.68. The summed E-state index contributed by atoms with van der Waals surface area (Å²) < 4.78 is 3.68. The van der Waals surface area contributed by atoms with Crippen LogP contribution in [-0.4, -0.2) is 25.6 Å². The zero-order chi connectivity index (χ0) is 13.3. The first-order valence-electron chi connectivity index (χ1n) is 5.61. The van der Waals surface area contributed by atoms with Crippen molar-refractivity contribution in [1.82, 2.24) is 14.3 Å². The third kappa shape index (κ3) is 2.39. The van der Waals surface area contributed by atoms with E-state index in [1.165, 1.54) is 15.6 Å². The number of aromatic nitrogens is 3. The van der Waals surface area contributed by atoms with Crippen molar-refractivity contribution in [2.75, 3.05) is 0 Å². The van der Waals surface area contributed by atoms with E-state index in [0.29, 0.717) is 0 Å². The van der Waals surface area contributed by atoms with Gasteiger partial charge in [0.05, 0.1) is 17.8 Å². The minimum Gasteiger partial charge on any atom is -0.391 e. The molecule has 0 saturated carbocycles. The normalized spacial score (nSPS) is 14.4. The van der Waals surface area contributed by atoms with Crippen LogP contribution in [0, 0.1) is 0 Å². The lowest BCUT2D eigenvalue weighted by molar-refractivity contribution is 0.130. The van der Waals surface area contributed by atoms with Crippen LogP contribution in [-0.2, 0) is 0 Å². The molecule has 2 aromatic rings. The van der Waals surface area contributed by atoms with Gasteiger partial charge in [0.1, 0.15) is 6.33 Å². The van der Waals surface area contributed by atoms with Crippen LogP contribution in [0.4, 0.5) is 0 Å². The van der Waals surface area contributed by atoms with E-state index in [4.69, 9.17) is 0 Å². The van der Waals surface area contributed by atoms with Gasteiger partial charge >= 0.3 is 5.69 Å². The van der Waals surface area contributed by atoms with E-state index in [9.17, 15) is 9.90 Å². The number of nitrogens with zero attached hydrogens (tertiary/aromatic N) is 3. The lowest BCUT2D eigenvalue weighted by Crippen LogP contribution is -2.31. The lowest BCUT2D eigenvalue weighted by atomic mass is 10.2. The van der Waals surface area contributed by atoms with Gasteiger partial charge in [-0.05, 0) is 38.1 Å². The molecule has 18 heavy (non-hydrogen) atoms. The summed E-state index contributed by atoms with van der Waals surface area (Å²) in [6, 6.07) is 7.01. The van der Waals surface area contributed by atoms with Crippen molar-refractivity contribution < 1.29 is 5.11 Å². The highest BCUT2D eigenvalue weighted by Gasteiger charge is 2.16. The molecule has 2 rings (SSSR count). The Bertz CT molecular complexity index is 586. The van der Waals surface area contributed by atoms with E-state index in [-0.39, 0.29) is 11.7 Å². The Morgan fingerprint density at radius 1 is 1.28 bits per heavy atom. The van der Waals surface area contributed by atoms with Gasteiger partial charge < -0.3 is 5.11 Å². The third-order valence-electron chi connectivity index (χ3n) is 2.88. The van der Waals surface area contributed by atoms with Gasteiger partial charge in [0.2, 0.25) is 0 Å². The van der Waals surface area contributed by atoms with Crippen molar-refractivity contribution >= 4 is 15.9 Å². The number of hydrogen-bond donors (Lipinski definition) is 1. The smallest absolute Gasteiger partial charge is 0.350 e. The van der Waals surface area contributed by atoms with Crippen molar-refractivity contribution in [3.63, 3.8) is 0 Å². The number of halogens is 1. The Balaban J connectivity index is 2.43. The molecule has 5 nitrogen and oxygen atoms in total. The monoisotopic (exact) mass is 311 g/mol. The molecule has 0 radical (unpaired) electrons. The molecule has 1 N–H and O–H groups in total. The highest BCUT2D eigenvalue weighted by Crippen LogP contribution is 2.13. The van der Waals surface area contributed by atoms with Gasteiger partial charge in [0.15, 0.2) is 0 Å². The van der Waals surface area contributed by atoms with Crippen LogP contribution >= 0.6 is 15.9 Å². The van der Waals surface area contributed by atoms with Crippen LogP contribution in [0.5, 0.6) is 0 Å². The van der Waals surface area contributed by atoms with E-state index < -0.39 is 6.10 Å². The summed E-state index contributed by atoms with van der Waals surface area (Å²) in [5.74, 6) is 0. The quantitative estimate of drug-likeness (QED) is 0.939. The Labute approximate surface area is 113 Å². The zero-order valence-electron chi connectivity index (χ0n) is 10.1. The summed E-state index contributed by atoms with van der Waals surface area (Å²) in [6.07, 6.45) is 0.834. The van der Waals surface area contributed by atoms with Crippen molar-refractivity contribution in [2.24, 2.45) is 0 Å². The molecule has 2 atom stereocenters. The Hall–Kier alpha value is -1.40. The molecule has 1 aromatic carbocycles. The van der Waals surface area contributed by atoms with Crippen LogP contribution < -0.4 is 5.69 Å². The molecule has 0 fully saturated rings. The third-order valence-corrected chi connectivity index (χ3v) is 3.41. The molecule has 6 heteroatoms. The average Bonchev–Trinajstić information content (AvgIpc) is 2.71. The number of hydrogen-bond acceptors (Lipinski definition) is 3. The maximum Gasteiger partial charge on any atom is 0.350 e. The summed E-state index contributed by atoms with van der Waals surface area (Å²) in [5.41, 5.74) is 0.484. The van der Waals surface area contributed by atoms with E-state index in [1.54, 1.807) is 13.8 Å². The molecule has 1 aromatic heterocycles. The summed E-state index contributed by atoms with van der Waals surface area (Å²) >= 11 is 3.34. The maximum absolute atomic E-state index is 12.1. The standard InChI is InChI=1S/C12H14BrN3O2/c1-8(9(2)17)16-12(18)15(7-14-16)11-5-3-10(13)4-6-11/h3-9,17H,1-2H3/t8-,9+/m0/s1. The fourth-order valence-electron chi connectivity index (χ4n) is 1.58. The molecular formula is C12H14BrN3O2. The Morgan fingerprint density at radius 3 is 2.44 bits per heavy atom. The second kappa shape index (κ2) is 5.07. The molecule has 0 amide bonds. The van der Waals surface area contributed by atoms with Gasteiger partial charge in [-0.2, -0.15) is 5.10 Å². The van der Waals surface area contributed by atoms with Gasteiger partial charge in [-0.25, -0.2) is 14.0 Å². The summed E-state index contributed by atoms with van der Waals surface area (Å²) in [4.78, 5) is 12.1. The highest BCUT2D eigenvalue weighted by molar-refractivity contribution is 9.10. The maximum atomic E-state index is 12.1. The van der Waals surface area contributed by atoms with Crippen LogP contribution in [0.3, 0.4) is 0 Å². The minimum atomic E-state index is -0.629. The molecule has 0 saturated heterocycles. The first-order valence-corrected chi connectivity index (χ1v) is 6.40. The molecule has 0 spiro atoms. The van der Waals surface area contributed by atoms with E-state index in [2.05, 4.69) is 21.0 Å². The highest BCUT2D eigenvalue weighted by atomic mass is 79.9. The summed E-state index contributed by atoms with van der Waals surface area (Å²) in [6.45, 7) is 3.39. The summed E-state index contributed by atoms with van der Waals surface area (Å²) in [7, 11) is 0. The fraction of sp³-hybridized carbons (Fsp3) is 0.333. The van der Waals surface area contributed by atoms with Crippen molar-refractivity contribution in [1.29, 1.82) is 0 Å². The second-order valence-electron chi connectivity index (χ2n) is 4.19. The van der Waals surface area contributed by atoms with Crippen LogP contribution in [0.2, 0.25) is 0 Å². The van der Waals surface area contributed by atoms with E-state index >= 15 is 0 Å². The molecule has 96 valence electrons. The van der Waals surface area contributed by atoms with Crippen LogP contribution in [0.25, 0.3) is 5.69 Å². The van der Waals surface area contributed by atoms with Crippen LogP contribution in [0.1, 0.15) is 19.9 Å². The van der Waals surface area contributed by atoms with Gasteiger partial charge in [-0.15, -0.1) is 0 Å². The first-order chi connectivity index (χ1) is 8.50. The second-order valence-corrected chi connectivity index (χ2v) is 5.10. The number of benzene rings is 1.